The molecule has 0 N–H and O–H groups in total. The molecule has 0 saturated carbocycles. The molecular weight excluding hydrogens is 349 g/mol. The summed E-state index contributed by atoms with van der Waals surface area (Å²) in [5.74, 6) is 0. The Labute approximate surface area is 140 Å². The first-order valence-electron chi connectivity index (χ1n) is 7.06. The summed E-state index contributed by atoms with van der Waals surface area (Å²) in [6.45, 7) is 1.79. The van der Waals surface area contributed by atoms with Gasteiger partial charge in [-0.25, -0.2) is 4.21 Å². The maximum absolute atomic E-state index is 14.6. The Morgan fingerprint density at radius 3 is 2.04 bits per heavy atom. The molecule has 0 bridgehead atoms. The van der Waals surface area contributed by atoms with Crippen LogP contribution in [0.4, 0.5) is 3.89 Å². The van der Waals surface area contributed by atoms with E-state index in [4.69, 9.17) is 0 Å². The van der Waals surface area contributed by atoms with E-state index in [1.54, 1.807) is 37.3 Å². The van der Waals surface area contributed by atoms with Gasteiger partial charge in [-0.3, -0.25) is 0 Å². The summed E-state index contributed by atoms with van der Waals surface area (Å²) in [4.78, 5) is -0.462. The van der Waals surface area contributed by atoms with E-state index in [1.807, 2.05) is 12.1 Å². The minimum absolute atomic E-state index is 0.195. The molecule has 0 spiro atoms. The zero-order chi connectivity index (χ0) is 17.4. The van der Waals surface area contributed by atoms with Crippen LogP contribution in [-0.4, -0.2) is 12.6 Å². The van der Waals surface area contributed by atoms with E-state index in [1.165, 1.54) is 24.3 Å². The third kappa shape index (κ3) is 3.32. The smallest absolute Gasteiger partial charge is 0.210 e. The lowest BCUT2D eigenvalue weighted by Gasteiger charge is -2.04. The van der Waals surface area contributed by atoms with Crippen LogP contribution in [0.5, 0.6) is 0 Å². The van der Waals surface area contributed by atoms with Crippen LogP contribution in [0.3, 0.4) is 0 Å². The molecule has 0 aromatic heterocycles. The molecule has 0 amide bonds. The summed E-state index contributed by atoms with van der Waals surface area (Å²) >= 11 is 0. The number of benzene rings is 3. The summed E-state index contributed by atoms with van der Waals surface area (Å²) in [5.41, 5.74) is 0.851. The van der Waals surface area contributed by atoms with Gasteiger partial charge in [0.25, 0.3) is 10.0 Å². The van der Waals surface area contributed by atoms with Crippen molar-refractivity contribution in [3.63, 3.8) is 0 Å². The first kappa shape index (κ1) is 16.6. The Balaban J connectivity index is 2.12. The van der Waals surface area contributed by atoms with Gasteiger partial charge in [0.2, 0.25) is 10.1 Å². The molecule has 0 radical (unpaired) electrons. The van der Waals surface area contributed by atoms with Crippen molar-refractivity contribution in [2.75, 3.05) is 0 Å². The fraction of sp³-hybridized carbons (Fsp3) is 0.0588. The highest BCUT2D eigenvalue weighted by Crippen LogP contribution is 2.24. The van der Waals surface area contributed by atoms with Crippen molar-refractivity contribution in [3.8, 4) is 0 Å². The maximum Gasteiger partial charge on any atom is 0.292 e. The molecule has 4 nitrogen and oxygen atoms in total. The predicted octanol–water partition coefficient (Wildman–Crippen LogP) is 4.25. The van der Waals surface area contributed by atoms with E-state index >= 15 is 0 Å². The summed E-state index contributed by atoms with van der Waals surface area (Å²) in [5, 5.41) is 1.49. The fourth-order valence-electron chi connectivity index (χ4n) is 2.25. The summed E-state index contributed by atoms with van der Waals surface area (Å²) in [7, 11) is -8.94. The number of halogens is 1. The quantitative estimate of drug-likeness (QED) is 0.654. The van der Waals surface area contributed by atoms with E-state index in [0.717, 1.165) is 10.9 Å². The average Bonchev–Trinajstić information content (AvgIpc) is 2.54. The van der Waals surface area contributed by atoms with Crippen molar-refractivity contribution < 1.29 is 16.5 Å². The number of hydrogen-bond donors (Lipinski definition) is 0. The van der Waals surface area contributed by atoms with Crippen molar-refractivity contribution in [2.24, 2.45) is 3.77 Å². The summed E-state index contributed by atoms with van der Waals surface area (Å²) < 4.78 is 54.3. The lowest BCUT2D eigenvalue weighted by molar-refractivity contribution is 0.596. The Hall–Kier alpha value is -2.25. The highest BCUT2D eigenvalue weighted by atomic mass is 32.3. The number of aryl methyl sites for hydroxylation is 1. The van der Waals surface area contributed by atoms with E-state index in [2.05, 4.69) is 3.77 Å². The highest BCUT2D eigenvalue weighted by molar-refractivity contribution is 8.00. The lowest BCUT2D eigenvalue weighted by Crippen LogP contribution is -2.02. The van der Waals surface area contributed by atoms with Crippen LogP contribution in [0.15, 0.2) is 80.3 Å². The highest BCUT2D eigenvalue weighted by Gasteiger charge is 2.20. The van der Waals surface area contributed by atoms with Crippen molar-refractivity contribution in [3.05, 3.63) is 72.3 Å². The normalized spacial score (nSPS) is 14.2. The van der Waals surface area contributed by atoms with Crippen LogP contribution in [0.2, 0.25) is 0 Å². The van der Waals surface area contributed by atoms with Gasteiger partial charge in [-0.05, 0) is 42.0 Å². The van der Waals surface area contributed by atoms with Crippen LogP contribution >= 0.6 is 0 Å². The number of rotatable bonds is 3. The Bertz CT molecular complexity index is 1130. The van der Waals surface area contributed by atoms with Crippen LogP contribution in [0, 0.1) is 6.92 Å². The minimum Gasteiger partial charge on any atom is -0.210 e. The Morgan fingerprint density at radius 1 is 0.792 bits per heavy atom. The van der Waals surface area contributed by atoms with Gasteiger partial charge in [0.1, 0.15) is 0 Å². The molecule has 124 valence electrons. The summed E-state index contributed by atoms with van der Waals surface area (Å²) in [6, 6.07) is 17.1. The molecule has 1 unspecified atom stereocenters. The molecule has 24 heavy (non-hydrogen) atoms. The lowest BCUT2D eigenvalue weighted by atomic mass is 10.1. The molecule has 0 saturated heterocycles. The Kier molecular flexibility index (Phi) is 4.15. The Morgan fingerprint density at radius 2 is 1.38 bits per heavy atom. The van der Waals surface area contributed by atoms with E-state index in [9.17, 15) is 16.5 Å². The molecule has 0 aliphatic carbocycles. The van der Waals surface area contributed by atoms with Crippen molar-refractivity contribution in [2.45, 2.75) is 16.7 Å². The molecule has 0 heterocycles. The van der Waals surface area contributed by atoms with Crippen LogP contribution in [-0.2, 0) is 20.1 Å². The second-order valence-corrected chi connectivity index (χ2v) is 8.74. The predicted molar refractivity (Wildman–Crippen MR) is 92.3 cm³/mol. The van der Waals surface area contributed by atoms with Gasteiger partial charge in [0.05, 0.1) is 9.79 Å². The summed E-state index contributed by atoms with van der Waals surface area (Å²) in [6.07, 6.45) is 0. The SMILES string of the molecule is Cc1ccc(S(=O)(=O)N=S(=O)(F)c2ccc3ccccc3c2)cc1. The fourth-order valence-corrected chi connectivity index (χ4v) is 4.93. The molecule has 0 aliphatic heterocycles. The van der Waals surface area contributed by atoms with Crippen LogP contribution in [0.25, 0.3) is 10.8 Å². The number of nitrogens with zero attached hydrogens (tertiary/aromatic N) is 1. The molecule has 3 aromatic carbocycles. The topological polar surface area (TPSA) is 63.6 Å². The third-order valence-corrected chi connectivity index (χ3v) is 6.78. The second kappa shape index (κ2) is 5.99. The third-order valence-electron chi connectivity index (χ3n) is 3.52. The van der Waals surface area contributed by atoms with Gasteiger partial charge in [-0.15, -0.1) is 3.89 Å². The second-order valence-electron chi connectivity index (χ2n) is 5.33. The largest absolute Gasteiger partial charge is 0.292 e. The molecule has 1 atom stereocenters. The molecule has 3 rings (SSSR count). The zero-order valence-corrected chi connectivity index (χ0v) is 14.4. The first-order chi connectivity index (χ1) is 11.3. The van der Waals surface area contributed by atoms with Gasteiger partial charge < -0.3 is 0 Å². The number of hydrogen-bond acceptors (Lipinski definition) is 3. The van der Waals surface area contributed by atoms with Gasteiger partial charge in [-0.2, -0.15) is 8.42 Å². The molecule has 0 aliphatic rings. The minimum atomic E-state index is -4.58. The van der Waals surface area contributed by atoms with Crippen molar-refractivity contribution >= 4 is 30.9 Å². The van der Waals surface area contributed by atoms with Crippen LogP contribution < -0.4 is 0 Å². The van der Waals surface area contributed by atoms with Gasteiger partial charge in [0.15, 0.2) is 0 Å². The average molecular weight is 363 g/mol. The monoisotopic (exact) mass is 363 g/mol. The van der Waals surface area contributed by atoms with E-state index in [0.29, 0.717) is 5.39 Å². The van der Waals surface area contributed by atoms with Gasteiger partial charge in [0, 0.05) is 0 Å². The van der Waals surface area contributed by atoms with E-state index in [-0.39, 0.29) is 9.79 Å². The first-order valence-corrected chi connectivity index (χ1v) is 9.92. The molecular formula is C17H14FNO3S2. The van der Waals surface area contributed by atoms with Crippen molar-refractivity contribution in [1.29, 1.82) is 0 Å². The van der Waals surface area contributed by atoms with Gasteiger partial charge in [-0.1, -0.05) is 51.8 Å². The standard InChI is InChI=1S/C17H14FNO3S2/c1-13-6-9-16(10-7-13)24(21,22)19-23(18,20)17-11-8-14-4-2-3-5-15(14)12-17/h2-12H,1H3. The van der Waals surface area contributed by atoms with E-state index < -0.39 is 20.1 Å². The molecule has 7 heteroatoms. The van der Waals surface area contributed by atoms with Gasteiger partial charge >= 0.3 is 0 Å². The molecule has 0 fully saturated rings. The molecule has 3 aromatic rings. The number of fused-ring (bicyclic) bond motifs is 1. The number of sulfonamides is 1. The van der Waals surface area contributed by atoms with Crippen molar-refractivity contribution in [1.82, 2.24) is 0 Å². The van der Waals surface area contributed by atoms with Crippen LogP contribution in [0.1, 0.15) is 5.56 Å². The zero-order valence-electron chi connectivity index (χ0n) is 12.7. The maximum atomic E-state index is 14.6.